The molecular weight excluding hydrogens is 190 g/mol. The van der Waals surface area contributed by atoms with Crippen LogP contribution in [-0.4, -0.2) is 29.4 Å². The Hall–Kier alpha value is -0.610. The quantitative estimate of drug-likeness (QED) is 0.382. The zero-order valence-electron chi connectivity index (χ0n) is 10.4. The van der Waals surface area contributed by atoms with Crippen LogP contribution < -0.4 is 11.3 Å². The van der Waals surface area contributed by atoms with Gasteiger partial charge in [0.2, 0.25) is 0 Å². The summed E-state index contributed by atoms with van der Waals surface area (Å²) in [6.45, 7) is 9.30. The van der Waals surface area contributed by atoms with E-state index in [9.17, 15) is 4.79 Å². The van der Waals surface area contributed by atoms with E-state index >= 15 is 0 Å². The van der Waals surface area contributed by atoms with Crippen molar-refractivity contribution < 1.29 is 4.79 Å². The lowest BCUT2D eigenvalue weighted by atomic mass is 10.1. The second kappa shape index (κ2) is 7.65. The molecule has 2 atom stereocenters. The highest BCUT2D eigenvalue weighted by atomic mass is 16.2. The van der Waals surface area contributed by atoms with Crippen molar-refractivity contribution in [3.8, 4) is 0 Å². The van der Waals surface area contributed by atoms with E-state index in [1.807, 2.05) is 6.92 Å². The van der Waals surface area contributed by atoms with Gasteiger partial charge >= 0.3 is 0 Å². The number of hydrogen-bond acceptors (Lipinski definition) is 3. The molecule has 0 heterocycles. The van der Waals surface area contributed by atoms with Crippen LogP contribution in [0.15, 0.2) is 0 Å². The average Bonchev–Trinajstić information content (AvgIpc) is 2.27. The fourth-order valence-electron chi connectivity index (χ4n) is 1.64. The van der Waals surface area contributed by atoms with Crippen molar-refractivity contribution in [1.29, 1.82) is 0 Å². The van der Waals surface area contributed by atoms with E-state index in [1.54, 1.807) is 0 Å². The molecule has 0 aromatic carbocycles. The molecule has 0 aliphatic heterocycles. The number of nitrogens with two attached hydrogens (primary N) is 1. The van der Waals surface area contributed by atoms with Gasteiger partial charge in [-0.25, -0.2) is 5.84 Å². The molecular formula is C11H25N3O. The summed E-state index contributed by atoms with van der Waals surface area (Å²) in [5.74, 6) is 5.05. The molecule has 0 aromatic heterocycles. The second-order valence-electron chi connectivity index (χ2n) is 4.03. The summed E-state index contributed by atoms with van der Waals surface area (Å²) in [4.78, 5) is 13.7. The van der Waals surface area contributed by atoms with Gasteiger partial charge in [-0.15, -0.1) is 0 Å². The van der Waals surface area contributed by atoms with Gasteiger partial charge in [-0.2, -0.15) is 0 Å². The number of hydrogen-bond donors (Lipinski definition) is 2. The minimum absolute atomic E-state index is 0.105. The first-order valence-corrected chi connectivity index (χ1v) is 5.84. The third-order valence-corrected chi connectivity index (χ3v) is 2.95. The summed E-state index contributed by atoms with van der Waals surface area (Å²) >= 11 is 0. The molecule has 0 bridgehead atoms. The summed E-state index contributed by atoms with van der Waals surface area (Å²) < 4.78 is 0. The summed E-state index contributed by atoms with van der Waals surface area (Å²) in [5, 5.41) is 0. The van der Waals surface area contributed by atoms with Crippen molar-refractivity contribution in [1.82, 2.24) is 10.3 Å². The van der Waals surface area contributed by atoms with Gasteiger partial charge in [0, 0.05) is 6.04 Å². The van der Waals surface area contributed by atoms with Crippen molar-refractivity contribution in [2.75, 3.05) is 6.54 Å². The largest absolute Gasteiger partial charge is 0.293 e. The predicted octanol–water partition coefficient (Wildman–Crippen LogP) is 1.27. The van der Waals surface area contributed by atoms with Crippen LogP contribution in [0, 0.1) is 0 Å². The molecule has 0 saturated heterocycles. The predicted molar refractivity (Wildman–Crippen MR) is 63.2 cm³/mol. The van der Waals surface area contributed by atoms with Crippen LogP contribution in [-0.2, 0) is 4.79 Å². The van der Waals surface area contributed by atoms with Gasteiger partial charge in [0.25, 0.3) is 5.91 Å². The molecule has 4 heteroatoms. The van der Waals surface area contributed by atoms with Crippen LogP contribution in [0.2, 0.25) is 0 Å². The first kappa shape index (κ1) is 14.4. The van der Waals surface area contributed by atoms with E-state index in [0.29, 0.717) is 6.04 Å². The highest BCUT2D eigenvalue weighted by Crippen LogP contribution is 2.10. The van der Waals surface area contributed by atoms with Crippen molar-refractivity contribution in [2.45, 2.75) is 59.0 Å². The standard InChI is InChI=1S/C11H25N3O/c1-5-7-8-14(9(3)6-2)10(4)11(15)13-12/h9-10H,5-8,12H2,1-4H3,(H,13,15). The number of amides is 1. The SMILES string of the molecule is CCCCN(C(C)CC)C(C)C(=O)NN. The molecule has 0 fully saturated rings. The van der Waals surface area contributed by atoms with Gasteiger partial charge in [0.1, 0.15) is 0 Å². The van der Waals surface area contributed by atoms with E-state index in [4.69, 9.17) is 5.84 Å². The Balaban J connectivity index is 4.39. The van der Waals surface area contributed by atoms with Crippen molar-refractivity contribution in [3.05, 3.63) is 0 Å². The first-order valence-electron chi connectivity index (χ1n) is 5.84. The number of unbranched alkanes of at least 4 members (excludes halogenated alkanes) is 1. The van der Waals surface area contributed by atoms with E-state index in [2.05, 4.69) is 31.1 Å². The minimum Gasteiger partial charge on any atom is -0.293 e. The third-order valence-electron chi connectivity index (χ3n) is 2.95. The molecule has 0 aliphatic rings. The maximum atomic E-state index is 11.5. The molecule has 0 radical (unpaired) electrons. The topological polar surface area (TPSA) is 58.4 Å². The molecule has 4 nitrogen and oxygen atoms in total. The van der Waals surface area contributed by atoms with Gasteiger partial charge in [0.15, 0.2) is 0 Å². The Morgan fingerprint density at radius 2 is 2.00 bits per heavy atom. The molecule has 3 N–H and O–H groups in total. The lowest BCUT2D eigenvalue weighted by Gasteiger charge is -2.32. The molecule has 0 rings (SSSR count). The summed E-state index contributed by atoms with van der Waals surface area (Å²) in [6.07, 6.45) is 3.31. The van der Waals surface area contributed by atoms with Gasteiger partial charge in [-0.1, -0.05) is 20.3 Å². The number of hydrazine groups is 1. The number of nitrogens with zero attached hydrogens (tertiary/aromatic N) is 1. The molecule has 2 unspecified atom stereocenters. The fraction of sp³-hybridized carbons (Fsp3) is 0.909. The molecule has 0 aromatic rings. The Labute approximate surface area is 93.2 Å². The Morgan fingerprint density at radius 1 is 1.40 bits per heavy atom. The lowest BCUT2D eigenvalue weighted by molar-refractivity contribution is -0.126. The molecule has 0 aliphatic carbocycles. The van der Waals surface area contributed by atoms with Crippen LogP contribution in [0.25, 0.3) is 0 Å². The van der Waals surface area contributed by atoms with Crippen molar-refractivity contribution in [3.63, 3.8) is 0 Å². The van der Waals surface area contributed by atoms with Crippen LogP contribution >= 0.6 is 0 Å². The Bertz CT molecular complexity index is 185. The van der Waals surface area contributed by atoms with Gasteiger partial charge in [-0.3, -0.25) is 15.1 Å². The monoisotopic (exact) mass is 215 g/mol. The Morgan fingerprint density at radius 3 is 2.40 bits per heavy atom. The fourth-order valence-corrected chi connectivity index (χ4v) is 1.64. The van der Waals surface area contributed by atoms with Gasteiger partial charge in [0.05, 0.1) is 6.04 Å². The molecule has 0 spiro atoms. The van der Waals surface area contributed by atoms with Crippen molar-refractivity contribution >= 4 is 5.91 Å². The van der Waals surface area contributed by atoms with Crippen LogP contribution in [0.3, 0.4) is 0 Å². The van der Waals surface area contributed by atoms with Crippen molar-refractivity contribution in [2.24, 2.45) is 5.84 Å². The van der Waals surface area contributed by atoms with Gasteiger partial charge < -0.3 is 0 Å². The van der Waals surface area contributed by atoms with E-state index < -0.39 is 0 Å². The maximum absolute atomic E-state index is 11.5. The summed E-state index contributed by atoms with van der Waals surface area (Å²) in [5.41, 5.74) is 2.22. The molecule has 90 valence electrons. The van der Waals surface area contributed by atoms with Crippen LogP contribution in [0.4, 0.5) is 0 Å². The average molecular weight is 215 g/mol. The Kier molecular flexibility index (Phi) is 7.34. The highest BCUT2D eigenvalue weighted by molar-refractivity contribution is 5.80. The summed E-state index contributed by atoms with van der Waals surface area (Å²) in [6, 6.07) is 0.278. The number of nitrogens with one attached hydrogen (secondary N) is 1. The van der Waals surface area contributed by atoms with Crippen LogP contribution in [0.5, 0.6) is 0 Å². The maximum Gasteiger partial charge on any atom is 0.250 e. The second-order valence-corrected chi connectivity index (χ2v) is 4.03. The highest BCUT2D eigenvalue weighted by Gasteiger charge is 2.23. The number of rotatable bonds is 7. The number of carbonyl (C=O) groups is 1. The van der Waals surface area contributed by atoms with E-state index in [0.717, 1.165) is 25.8 Å². The zero-order chi connectivity index (χ0) is 11.8. The normalized spacial score (nSPS) is 15.1. The number of carbonyl (C=O) groups excluding carboxylic acids is 1. The van der Waals surface area contributed by atoms with E-state index in [1.165, 1.54) is 0 Å². The summed E-state index contributed by atoms with van der Waals surface area (Å²) in [7, 11) is 0. The van der Waals surface area contributed by atoms with Crippen LogP contribution in [0.1, 0.15) is 47.0 Å². The molecule has 1 amide bonds. The third kappa shape index (κ3) is 4.62. The van der Waals surface area contributed by atoms with Gasteiger partial charge in [-0.05, 0) is 33.2 Å². The molecule has 0 saturated carbocycles. The smallest absolute Gasteiger partial charge is 0.250 e. The lowest BCUT2D eigenvalue weighted by Crippen LogP contribution is -2.50. The molecule has 15 heavy (non-hydrogen) atoms. The minimum atomic E-state index is -0.142. The van der Waals surface area contributed by atoms with E-state index in [-0.39, 0.29) is 11.9 Å². The zero-order valence-corrected chi connectivity index (χ0v) is 10.4. The first-order chi connectivity index (χ1) is 7.08.